The largest absolute Gasteiger partial charge is 0.372 e. The van der Waals surface area contributed by atoms with E-state index in [9.17, 15) is 4.39 Å². The summed E-state index contributed by atoms with van der Waals surface area (Å²) in [4.78, 5) is 5.95. The summed E-state index contributed by atoms with van der Waals surface area (Å²) in [5, 5.41) is 3.12. The quantitative estimate of drug-likeness (QED) is 0.884. The number of aromatic nitrogens is 1. The molecule has 1 aromatic heterocycles. The van der Waals surface area contributed by atoms with Gasteiger partial charge < -0.3 is 10.2 Å². The Morgan fingerprint density at radius 3 is 2.57 bits per heavy atom. The predicted molar refractivity (Wildman–Crippen MR) is 85.1 cm³/mol. The average molecular weight is 287 g/mol. The van der Waals surface area contributed by atoms with Crippen molar-refractivity contribution >= 4 is 5.69 Å². The van der Waals surface area contributed by atoms with Gasteiger partial charge in [-0.2, -0.15) is 0 Å². The van der Waals surface area contributed by atoms with Crippen LogP contribution >= 0.6 is 0 Å². The molecule has 112 valence electrons. The Morgan fingerprint density at radius 2 is 1.95 bits per heavy atom. The Balaban J connectivity index is 2.04. The lowest BCUT2D eigenvalue weighted by Gasteiger charge is -2.21. The third-order valence-electron chi connectivity index (χ3n) is 3.80. The summed E-state index contributed by atoms with van der Waals surface area (Å²) >= 11 is 0. The van der Waals surface area contributed by atoms with Gasteiger partial charge in [0.2, 0.25) is 0 Å². The number of hydrogen-bond acceptors (Lipinski definition) is 3. The van der Waals surface area contributed by atoms with Gasteiger partial charge in [-0.3, -0.25) is 4.98 Å². The molecule has 0 radical (unpaired) electrons. The van der Waals surface area contributed by atoms with E-state index in [2.05, 4.69) is 10.3 Å². The van der Waals surface area contributed by atoms with Gasteiger partial charge in [0.25, 0.3) is 0 Å². The molecule has 2 rings (SSSR count). The normalized spacial score (nSPS) is 12.2. The molecule has 0 aliphatic rings. The zero-order chi connectivity index (χ0) is 15.2. The van der Waals surface area contributed by atoms with E-state index < -0.39 is 0 Å². The maximum absolute atomic E-state index is 14.2. The molecule has 21 heavy (non-hydrogen) atoms. The van der Waals surface area contributed by atoms with Crippen molar-refractivity contribution in [3.05, 3.63) is 59.7 Å². The number of nitrogens with zero attached hydrogens (tertiary/aromatic N) is 2. The van der Waals surface area contributed by atoms with E-state index in [0.29, 0.717) is 5.69 Å². The van der Waals surface area contributed by atoms with Crippen molar-refractivity contribution in [2.24, 2.45) is 0 Å². The molecule has 0 fully saturated rings. The highest BCUT2D eigenvalue weighted by atomic mass is 19.1. The van der Waals surface area contributed by atoms with Gasteiger partial charge in [0.05, 0.1) is 5.69 Å². The molecule has 1 atom stereocenters. The summed E-state index contributed by atoms with van der Waals surface area (Å²) in [5.74, 6) is -0.174. The number of anilines is 1. The lowest BCUT2D eigenvalue weighted by Crippen LogP contribution is -2.22. The smallest absolute Gasteiger partial charge is 0.146 e. The SMILES string of the molecule is CNC(C)c1ccc(N(C)CCc2ccncc2)c(F)c1. The van der Waals surface area contributed by atoms with Crippen molar-refractivity contribution in [1.82, 2.24) is 10.3 Å². The molecule has 0 spiro atoms. The van der Waals surface area contributed by atoms with Crippen LogP contribution in [0.1, 0.15) is 24.1 Å². The molecular formula is C17H22FN3. The molecule has 1 aromatic carbocycles. The van der Waals surface area contributed by atoms with Crippen molar-refractivity contribution in [3.63, 3.8) is 0 Å². The first-order chi connectivity index (χ1) is 10.1. The molecule has 0 saturated heterocycles. The third kappa shape index (κ3) is 4.02. The first-order valence-electron chi connectivity index (χ1n) is 7.18. The van der Waals surface area contributed by atoms with E-state index in [1.807, 2.05) is 50.2 Å². The zero-order valence-electron chi connectivity index (χ0n) is 12.8. The van der Waals surface area contributed by atoms with Crippen molar-refractivity contribution in [2.45, 2.75) is 19.4 Å². The summed E-state index contributed by atoms with van der Waals surface area (Å²) in [6.45, 7) is 2.78. The molecule has 1 heterocycles. The van der Waals surface area contributed by atoms with Crippen molar-refractivity contribution in [3.8, 4) is 0 Å². The summed E-state index contributed by atoms with van der Waals surface area (Å²) in [5.41, 5.74) is 2.80. The van der Waals surface area contributed by atoms with Crippen LogP contribution in [0.4, 0.5) is 10.1 Å². The van der Waals surface area contributed by atoms with E-state index in [0.717, 1.165) is 18.5 Å². The highest BCUT2D eigenvalue weighted by Crippen LogP contribution is 2.22. The van der Waals surface area contributed by atoms with Gasteiger partial charge in [0.15, 0.2) is 0 Å². The molecule has 3 nitrogen and oxygen atoms in total. The fraction of sp³-hybridized carbons (Fsp3) is 0.353. The Morgan fingerprint density at radius 1 is 1.24 bits per heavy atom. The van der Waals surface area contributed by atoms with Crippen molar-refractivity contribution in [1.29, 1.82) is 0 Å². The van der Waals surface area contributed by atoms with Gasteiger partial charge in [-0.1, -0.05) is 6.07 Å². The van der Waals surface area contributed by atoms with E-state index in [1.54, 1.807) is 18.5 Å². The van der Waals surface area contributed by atoms with Gasteiger partial charge in [0.1, 0.15) is 5.82 Å². The summed E-state index contributed by atoms with van der Waals surface area (Å²) in [6, 6.07) is 9.56. The number of hydrogen-bond donors (Lipinski definition) is 1. The van der Waals surface area contributed by atoms with Crippen molar-refractivity contribution in [2.75, 3.05) is 25.5 Å². The fourth-order valence-corrected chi connectivity index (χ4v) is 2.24. The van der Waals surface area contributed by atoms with Gasteiger partial charge in [0, 0.05) is 32.0 Å². The summed E-state index contributed by atoms with van der Waals surface area (Å²) in [7, 11) is 3.79. The maximum Gasteiger partial charge on any atom is 0.146 e. The van der Waals surface area contributed by atoms with Crippen LogP contribution in [-0.2, 0) is 6.42 Å². The first-order valence-corrected chi connectivity index (χ1v) is 7.18. The van der Waals surface area contributed by atoms with Crippen LogP contribution in [0.5, 0.6) is 0 Å². The first kappa shape index (κ1) is 15.4. The third-order valence-corrected chi connectivity index (χ3v) is 3.80. The van der Waals surface area contributed by atoms with Gasteiger partial charge in [-0.25, -0.2) is 4.39 Å². The highest BCUT2D eigenvalue weighted by Gasteiger charge is 2.11. The minimum atomic E-state index is -0.174. The Bertz CT molecular complexity index is 572. The van der Waals surface area contributed by atoms with Crippen LogP contribution < -0.4 is 10.2 Å². The van der Waals surface area contributed by atoms with E-state index >= 15 is 0 Å². The summed E-state index contributed by atoms with van der Waals surface area (Å²) < 4.78 is 14.2. The second kappa shape index (κ2) is 7.18. The summed E-state index contributed by atoms with van der Waals surface area (Å²) in [6.07, 6.45) is 4.43. The monoisotopic (exact) mass is 287 g/mol. The second-order valence-corrected chi connectivity index (χ2v) is 5.25. The van der Waals surface area contributed by atoms with Crippen molar-refractivity contribution < 1.29 is 4.39 Å². The number of likely N-dealkylation sites (N-methyl/N-ethyl adjacent to an activating group) is 1. The molecular weight excluding hydrogens is 265 g/mol. The van der Waals surface area contributed by atoms with Crippen LogP contribution in [-0.4, -0.2) is 25.6 Å². The highest BCUT2D eigenvalue weighted by molar-refractivity contribution is 5.49. The van der Waals surface area contributed by atoms with Crippen LogP contribution in [0.2, 0.25) is 0 Å². The number of nitrogens with one attached hydrogen (secondary N) is 1. The van der Waals surface area contributed by atoms with Crippen LogP contribution in [0.3, 0.4) is 0 Å². The Hall–Kier alpha value is -1.94. The van der Waals surface area contributed by atoms with E-state index in [4.69, 9.17) is 0 Å². The second-order valence-electron chi connectivity index (χ2n) is 5.25. The minimum Gasteiger partial charge on any atom is -0.372 e. The van der Waals surface area contributed by atoms with Gasteiger partial charge >= 0.3 is 0 Å². The van der Waals surface area contributed by atoms with Crippen LogP contribution in [0, 0.1) is 5.82 Å². The molecule has 0 aliphatic heterocycles. The van der Waals surface area contributed by atoms with Crippen LogP contribution in [0.15, 0.2) is 42.7 Å². The molecule has 0 aliphatic carbocycles. The minimum absolute atomic E-state index is 0.149. The number of halogens is 1. The number of rotatable bonds is 6. The maximum atomic E-state index is 14.2. The van der Waals surface area contributed by atoms with Crippen LogP contribution in [0.25, 0.3) is 0 Å². The zero-order valence-corrected chi connectivity index (χ0v) is 12.8. The number of benzene rings is 1. The standard InChI is InChI=1S/C17H22FN3/c1-13(19-2)15-4-5-17(16(18)12-15)21(3)11-8-14-6-9-20-10-7-14/h4-7,9-10,12-13,19H,8,11H2,1-3H3. The van der Waals surface area contributed by atoms with Gasteiger partial charge in [-0.05, 0) is 55.8 Å². The Labute approximate surface area is 125 Å². The molecule has 0 bridgehead atoms. The van der Waals surface area contributed by atoms with E-state index in [-0.39, 0.29) is 11.9 Å². The average Bonchev–Trinajstić information content (AvgIpc) is 2.52. The molecule has 2 aromatic rings. The Kier molecular flexibility index (Phi) is 5.28. The fourth-order valence-electron chi connectivity index (χ4n) is 2.24. The topological polar surface area (TPSA) is 28.2 Å². The molecule has 1 N–H and O–H groups in total. The number of pyridine rings is 1. The molecule has 4 heteroatoms. The molecule has 0 saturated carbocycles. The lowest BCUT2D eigenvalue weighted by atomic mass is 10.1. The molecule has 0 amide bonds. The predicted octanol–water partition coefficient (Wildman–Crippen LogP) is 3.18. The lowest BCUT2D eigenvalue weighted by molar-refractivity contribution is 0.605. The molecule has 1 unspecified atom stereocenters. The van der Waals surface area contributed by atoms with E-state index in [1.165, 1.54) is 5.56 Å². The van der Waals surface area contributed by atoms with Gasteiger partial charge in [-0.15, -0.1) is 0 Å².